The number of pyridine rings is 1. The van der Waals surface area contributed by atoms with Crippen molar-refractivity contribution in [3.8, 4) is 11.3 Å². The molecule has 0 radical (unpaired) electrons. The van der Waals surface area contributed by atoms with Crippen LogP contribution in [0.25, 0.3) is 11.3 Å². The predicted molar refractivity (Wildman–Crippen MR) is 71.5 cm³/mol. The van der Waals surface area contributed by atoms with Crippen LogP contribution in [0.15, 0.2) is 30.3 Å². The lowest BCUT2D eigenvalue weighted by Crippen LogP contribution is -2.11. The largest absolute Gasteiger partial charge is 0.383 e. The Morgan fingerprint density at radius 3 is 2.50 bits per heavy atom. The molecule has 0 aliphatic heterocycles. The molecule has 0 aliphatic carbocycles. The van der Waals surface area contributed by atoms with E-state index in [2.05, 4.69) is 10.3 Å². The first kappa shape index (κ1) is 12.5. The molecule has 0 atom stereocenters. The van der Waals surface area contributed by atoms with E-state index < -0.39 is 0 Å². The van der Waals surface area contributed by atoms with Gasteiger partial charge in [0.05, 0.1) is 5.69 Å². The van der Waals surface area contributed by atoms with Gasteiger partial charge in [0.1, 0.15) is 11.6 Å². The van der Waals surface area contributed by atoms with Crippen LogP contribution in [0.4, 0.5) is 10.2 Å². The predicted octanol–water partition coefficient (Wildman–Crippen LogP) is 2.50. The summed E-state index contributed by atoms with van der Waals surface area (Å²) in [7, 11) is 1.87. The third-order valence-electron chi connectivity index (χ3n) is 2.87. The number of aromatic nitrogens is 1. The number of aryl methyl sites for hydroxylation is 1. The van der Waals surface area contributed by atoms with Gasteiger partial charge in [0.2, 0.25) is 0 Å². The lowest BCUT2D eigenvalue weighted by Gasteiger charge is -2.11. The fourth-order valence-corrected chi connectivity index (χ4v) is 1.90. The van der Waals surface area contributed by atoms with Crippen molar-refractivity contribution in [1.82, 2.24) is 10.3 Å². The minimum Gasteiger partial charge on any atom is -0.383 e. The summed E-state index contributed by atoms with van der Waals surface area (Å²) >= 11 is 0. The fraction of sp³-hybridized carbons (Fsp3) is 0.214. The Kier molecular flexibility index (Phi) is 3.58. The molecule has 0 amide bonds. The number of nitrogen functional groups attached to an aromatic ring is 1. The van der Waals surface area contributed by atoms with E-state index in [0.29, 0.717) is 12.4 Å². The number of rotatable bonds is 3. The minimum atomic E-state index is -0.254. The summed E-state index contributed by atoms with van der Waals surface area (Å²) in [5, 5.41) is 3.06. The van der Waals surface area contributed by atoms with Gasteiger partial charge in [-0.25, -0.2) is 9.37 Å². The van der Waals surface area contributed by atoms with Gasteiger partial charge in [-0.3, -0.25) is 0 Å². The summed E-state index contributed by atoms with van der Waals surface area (Å²) in [5.74, 6) is 0.263. The summed E-state index contributed by atoms with van der Waals surface area (Å²) in [4.78, 5) is 4.37. The van der Waals surface area contributed by atoms with Crippen LogP contribution >= 0.6 is 0 Å². The normalized spacial score (nSPS) is 10.6. The van der Waals surface area contributed by atoms with E-state index in [1.165, 1.54) is 12.1 Å². The Morgan fingerprint density at radius 1 is 1.28 bits per heavy atom. The molecule has 94 valence electrons. The van der Waals surface area contributed by atoms with Gasteiger partial charge >= 0.3 is 0 Å². The van der Waals surface area contributed by atoms with E-state index >= 15 is 0 Å². The van der Waals surface area contributed by atoms with Crippen molar-refractivity contribution in [3.63, 3.8) is 0 Å². The Bertz CT molecular complexity index is 526. The van der Waals surface area contributed by atoms with Crippen molar-refractivity contribution in [2.24, 2.45) is 0 Å². The fourth-order valence-electron chi connectivity index (χ4n) is 1.90. The van der Waals surface area contributed by atoms with Crippen LogP contribution in [0.1, 0.15) is 11.1 Å². The molecule has 1 heterocycles. The second-order valence-corrected chi connectivity index (χ2v) is 4.23. The summed E-state index contributed by atoms with van der Waals surface area (Å²) in [5.41, 5.74) is 9.66. The van der Waals surface area contributed by atoms with Crippen LogP contribution in [0.2, 0.25) is 0 Å². The Balaban J connectivity index is 2.44. The molecular weight excluding hydrogens is 229 g/mol. The second-order valence-electron chi connectivity index (χ2n) is 4.23. The highest BCUT2D eigenvalue weighted by molar-refractivity contribution is 5.63. The summed E-state index contributed by atoms with van der Waals surface area (Å²) in [6.07, 6.45) is 0. The second kappa shape index (κ2) is 5.14. The Labute approximate surface area is 106 Å². The van der Waals surface area contributed by atoms with Crippen LogP contribution in [0, 0.1) is 12.7 Å². The standard InChI is InChI=1S/C14H16FN3/c1-9-7-13(10-3-5-11(15)6-4-10)18-14(16)12(9)8-17-2/h3-7,17H,8H2,1-2H3,(H2,16,18). The maximum absolute atomic E-state index is 12.9. The number of anilines is 1. The third-order valence-corrected chi connectivity index (χ3v) is 2.87. The molecule has 0 saturated heterocycles. The van der Waals surface area contributed by atoms with Gasteiger partial charge in [-0.05, 0) is 49.9 Å². The van der Waals surface area contributed by atoms with Crippen LogP contribution in [0.5, 0.6) is 0 Å². The van der Waals surface area contributed by atoms with Crippen molar-refractivity contribution < 1.29 is 4.39 Å². The van der Waals surface area contributed by atoms with E-state index in [1.54, 1.807) is 12.1 Å². The van der Waals surface area contributed by atoms with Gasteiger partial charge in [0.15, 0.2) is 0 Å². The van der Waals surface area contributed by atoms with E-state index in [1.807, 2.05) is 20.0 Å². The number of nitrogens with two attached hydrogens (primary N) is 1. The van der Waals surface area contributed by atoms with Gasteiger partial charge in [0, 0.05) is 17.7 Å². The summed E-state index contributed by atoms with van der Waals surface area (Å²) < 4.78 is 12.9. The van der Waals surface area contributed by atoms with Crippen LogP contribution < -0.4 is 11.1 Å². The SMILES string of the molecule is CNCc1c(C)cc(-c2ccc(F)cc2)nc1N. The quantitative estimate of drug-likeness (QED) is 0.873. The summed E-state index contributed by atoms with van der Waals surface area (Å²) in [6, 6.07) is 8.22. The van der Waals surface area contributed by atoms with Crippen molar-refractivity contribution in [3.05, 3.63) is 47.3 Å². The highest BCUT2D eigenvalue weighted by atomic mass is 19.1. The highest BCUT2D eigenvalue weighted by Gasteiger charge is 2.08. The number of hydrogen-bond acceptors (Lipinski definition) is 3. The molecule has 0 spiro atoms. The molecule has 0 bridgehead atoms. The van der Waals surface area contributed by atoms with Gasteiger partial charge < -0.3 is 11.1 Å². The molecule has 18 heavy (non-hydrogen) atoms. The lowest BCUT2D eigenvalue weighted by atomic mass is 10.1. The molecule has 0 aliphatic rings. The van der Waals surface area contributed by atoms with Crippen LogP contribution in [-0.2, 0) is 6.54 Å². The molecule has 1 aromatic heterocycles. The number of nitrogens with zero attached hydrogens (tertiary/aromatic N) is 1. The molecule has 1 aromatic carbocycles. The van der Waals surface area contributed by atoms with Gasteiger partial charge in [0.25, 0.3) is 0 Å². The highest BCUT2D eigenvalue weighted by Crippen LogP contribution is 2.23. The topological polar surface area (TPSA) is 50.9 Å². The smallest absolute Gasteiger partial charge is 0.128 e. The maximum Gasteiger partial charge on any atom is 0.128 e. The van der Waals surface area contributed by atoms with E-state index in [9.17, 15) is 4.39 Å². The van der Waals surface area contributed by atoms with E-state index in [-0.39, 0.29) is 5.82 Å². The molecule has 0 fully saturated rings. The number of halogens is 1. The molecular formula is C14H16FN3. The zero-order valence-corrected chi connectivity index (χ0v) is 10.5. The first-order valence-electron chi connectivity index (χ1n) is 5.78. The van der Waals surface area contributed by atoms with Crippen LogP contribution in [0.3, 0.4) is 0 Å². The molecule has 3 nitrogen and oxygen atoms in total. The monoisotopic (exact) mass is 245 g/mol. The number of nitrogens with one attached hydrogen (secondary N) is 1. The van der Waals surface area contributed by atoms with Crippen molar-refractivity contribution >= 4 is 5.82 Å². The average Bonchev–Trinajstić information content (AvgIpc) is 2.34. The summed E-state index contributed by atoms with van der Waals surface area (Å²) in [6.45, 7) is 2.69. The molecule has 2 rings (SSSR count). The minimum absolute atomic E-state index is 0.254. The first-order valence-corrected chi connectivity index (χ1v) is 5.78. The van der Waals surface area contributed by atoms with Gasteiger partial charge in [-0.15, -0.1) is 0 Å². The molecule has 3 N–H and O–H groups in total. The number of benzene rings is 1. The first-order chi connectivity index (χ1) is 8.61. The average molecular weight is 245 g/mol. The van der Waals surface area contributed by atoms with E-state index in [0.717, 1.165) is 22.4 Å². The molecule has 4 heteroatoms. The van der Waals surface area contributed by atoms with Gasteiger partial charge in [-0.1, -0.05) is 0 Å². The molecule has 2 aromatic rings. The number of hydrogen-bond donors (Lipinski definition) is 2. The van der Waals surface area contributed by atoms with Crippen LogP contribution in [-0.4, -0.2) is 12.0 Å². The van der Waals surface area contributed by atoms with E-state index in [4.69, 9.17) is 5.73 Å². The lowest BCUT2D eigenvalue weighted by molar-refractivity contribution is 0.628. The Hall–Kier alpha value is -1.94. The van der Waals surface area contributed by atoms with Crippen molar-refractivity contribution in [2.45, 2.75) is 13.5 Å². The Morgan fingerprint density at radius 2 is 1.94 bits per heavy atom. The van der Waals surface area contributed by atoms with Crippen molar-refractivity contribution in [1.29, 1.82) is 0 Å². The molecule has 0 saturated carbocycles. The van der Waals surface area contributed by atoms with Gasteiger partial charge in [-0.2, -0.15) is 0 Å². The molecule has 0 unspecified atom stereocenters. The third kappa shape index (κ3) is 2.49. The van der Waals surface area contributed by atoms with Crippen molar-refractivity contribution in [2.75, 3.05) is 12.8 Å². The zero-order valence-electron chi connectivity index (χ0n) is 10.5. The maximum atomic E-state index is 12.9. The zero-order chi connectivity index (χ0) is 13.1.